The van der Waals surface area contributed by atoms with Crippen molar-refractivity contribution in [2.75, 3.05) is 4.90 Å². The Morgan fingerprint density at radius 1 is 1.21 bits per heavy atom. The molecular formula is C14H13BrFNO2. The number of hydrogen-bond donors (Lipinski definition) is 0. The SMILES string of the molecule is Cc1cc(Br)c(F)cc1N1C(=O)C2CCCC2C1=O. The number of aryl methyl sites for hydroxylation is 1. The van der Waals surface area contributed by atoms with E-state index in [4.69, 9.17) is 0 Å². The third-order valence-corrected chi connectivity index (χ3v) is 4.68. The van der Waals surface area contributed by atoms with E-state index in [9.17, 15) is 14.0 Å². The Kier molecular flexibility index (Phi) is 2.96. The number of rotatable bonds is 1. The lowest BCUT2D eigenvalue weighted by atomic mass is 10.00. The van der Waals surface area contributed by atoms with Gasteiger partial charge in [0.25, 0.3) is 0 Å². The number of hydrogen-bond acceptors (Lipinski definition) is 2. The van der Waals surface area contributed by atoms with Crippen LogP contribution in [-0.2, 0) is 9.59 Å². The predicted octanol–water partition coefficient (Wildman–Crippen LogP) is 3.19. The number of benzene rings is 1. The van der Waals surface area contributed by atoms with Crippen molar-refractivity contribution in [3.8, 4) is 0 Å². The molecule has 0 bridgehead atoms. The number of imide groups is 1. The molecule has 2 amide bonds. The van der Waals surface area contributed by atoms with Crippen LogP contribution in [0.25, 0.3) is 0 Å². The maximum atomic E-state index is 13.7. The summed E-state index contributed by atoms with van der Waals surface area (Å²) in [4.78, 5) is 25.8. The van der Waals surface area contributed by atoms with E-state index in [2.05, 4.69) is 15.9 Å². The van der Waals surface area contributed by atoms with E-state index in [-0.39, 0.29) is 23.7 Å². The van der Waals surface area contributed by atoms with Crippen molar-refractivity contribution < 1.29 is 14.0 Å². The fraction of sp³-hybridized carbons (Fsp3) is 0.429. The lowest BCUT2D eigenvalue weighted by molar-refractivity contribution is -0.122. The molecule has 2 fully saturated rings. The molecular weight excluding hydrogens is 313 g/mol. The molecule has 2 atom stereocenters. The summed E-state index contributed by atoms with van der Waals surface area (Å²) in [6.45, 7) is 1.77. The minimum Gasteiger partial charge on any atom is -0.274 e. The van der Waals surface area contributed by atoms with Crippen LogP contribution in [0.2, 0.25) is 0 Å². The molecule has 1 aliphatic heterocycles. The molecule has 1 aromatic rings. The van der Waals surface area contributed by atoms with Gasteiger partial charge in [-0.05, 0) is 53.4 Å². The fourth-order valence-corrected chi connectivity index (χ4v) is 3.56. The quantitative estimate of drug-likeness (QED) is 0.744. The van der Waals surface area contributed by atoms with E-state index >= 15 is 0 Å². The number of carbonyl (C=O) groups is 2. The van der Waals surface area contributed by atoms with Crippen LogP contribution in [0.3, 0.4) is 0 Å². The van der Waals surface area contributed by atoms with Gasteiger partial charge in [-0.15, -0.1) is 0 Å². The molecule has 1 aliphatic carbocycles. The third kappa shape index (κ3) is 1.83. The van der Waals surface area contributed by atoms with Gasteiger partial charge in [-0.3, -0.25) is 9.59 Å². The maximum Gasteiger partial charge on any atom is 0.237 e. The minimum absolute atomic E-state index is 0.169. The summed E-state index contributed by atoms with van der Waals surface area (Å²) < 4.78 is 14.0. The number of anilines is 1. The molecule has 0 aromatic heterocycles. The number of carbonyl (C=O) groups excluding carboxylic acids is 2. The van der Waals surface area contributed by atoms with Gasteiger partial charge in [0.1, 0.15) is 5.82 Å². The Bertz CT molecular complexity index is 565. The van der Waals surface area contributed by atoms with Gasteiger partial charge < -0.3 is 0 Å². The molecule has 2 unspecified atom stereocenters. The van der Waals surface area contributed by atoms with Crippen molar-refractivity contribution in [2.45, 2.75) is 26.2 Å². The number of nitrogens with zero attached hydrogens (tertiary/aromatic N) is 1. The lowest BCUT2D eigenvalue weighted by Gasteiger charge is -2.18. The molecule has 100 valence electrons. The minimum atomic E-state index is -0.460. The Morgan fingerprint density at radius 3 is 2.37 bits per heavy atom. The van der Waals surface area contributed by atoms with Crippen LogP contribution in [0.4, 0.5) is 10.1 Å². The largest absolute Gasteiger partial charge is 0.274 e. The monoisotopic (exact) mass is 325 g/mol. The average Bonchev–Trinajstić information content (AvgIpc) is 2.91. The average molecular weight is 326 g/mol. The van der Waals surface area contributed by atoms with Gasteiger partial charge in [0.2, 0.25) is 11.8 Å². The lowest BCUT2D eigenvalue weighted by Crippen LogP contribution is -2.32. The Hall–Kier alpha value is -1.23. The summed E-state index contributed by atoms with van der Waals surface area (Å²) in [5.74, 6) is -1.19. The van der Waals surface area contributed by atoms with Crippen molar-refractivity contribution in [1.82, 2.24) is 0 Å². The zero-order valence-electron chi connectivity index (χ0n) is 10.5. The van der Waals surface area contributed by atoms with Crippen LogP contribution in [0.5, 0.6) is 0 Å². The first-order valence-electron chi connectivity index (χ1n) is 6.34. The predicted molar refractivity (Wildman–Crippen MR) is 72.2 cm³/mol. The highest BCUT2D eigenvalue weighted by molar-refractivity contribution is 9.10. The molecule has 3 nitrogen and oxygen atoms in total. The second-order valence-electron chi connectivity index (χ2n) is 5.21. The van der Waals surface area contributed by atoms with Crippen molar-refractivity contribution in [3.63, 3.8) is 0 Å². The van der Waals surface area contributed by atoms with E-state index in [1.807, 2.05) is 0 Å². The Labute approximate surface area is 118 Å². The van der Waals surface area contributed by atoms with E-state index < -0.39 is 5.82 Å². The first-order valence-corrected chi connectivity index (χ1v) is 7.13. The fourth-order valence-electron chi connectivity index (χ4n) is 3.11. The van der Waals surface area contributed by atoms with Gasteiger partial charge in [-0.1, -0.05) is 6.42 Å². The molecule has 1 heterocycles. The third-order valence-electron chi connectivity index (χ3n) is 4.07. The molecule has 3 rings (SSSR count). The number of amides is 2. The van der Waals surface area contributed by atoms with Crippen LogP contribution < -0.4 is 4.90 Å². The first kappa shape index (κ1) is 12.8. The summed E-state index contributed by atoms with van der Waals surface area (Å²) in [6, 6.07) is 2.86. The summed E-state index contributed by atoms with van der Waals surface area (Å²) in [7, 11) is 0. The van der Waals surface area contributed by atoms with Crippen LogP contribution >= 0.6 is 15.9 Å². The van der Waals surface area contributed by atoms with Crippen molar-refractivity contribution in [1.29, 1.82) is 0 Å². The van der Waals surface area contributed by atoms with Crippen LogP contribution in [-0.4, -0.2) is 11.8 Å². The molecule has 1 saturated carbocycles. The van der Waals surface area contributed by atoms with Crippen molar-refractivity contribution >= 4 is 33.4 Å². The summed E-state index contributed by atoms with van der Waals surface area (Å²) >= 11 is 3.10. The second kappa shape index (κ2) is 4.40. The Balaban J connectivity index is 2.06. The zero-order chi connectivity index (χ0) is 13.7. The van der Waals surface area contributed by atoms with Crippen LogP contribution in [0, 0.1) is 24.6 Å². The van der Waals surface area contributed by atoms with Crippen molar-refractivity contribution in [2.24, 2.45) is 11.8 Å². The van der Waals surface area contributed by atoms with Gasteiger partial charge in [-0.2, -0.15) is 0 Å². The first-order chi connectivity index (χ1) is 9.00. The smallest absolute Gasteiger partial charge is 0.237 e. The molecule has 1 saturated heterocycles. The number of fused-ring (bicyclic) bond motifs is 1. The van der Waals surface area contributed by atoms with Gasteiger partial charge >= 0.3 is 0 Å². The maximum absolute atomic E-state index is 13.7. The van der Waals surface area contributed by atoms with Crippen LogP contribution in [0.15, 0.2) is 16.6 Å². The molecule has 1 aromatic carbocycles. The van der Waals surface area contributed by atoms with E-state index in [1.165, 1.54) is 11.0 Å². The van der Waals surface area contributed by atoms with Gasteiger partial charge in [0.05, 0.1) is 22.0 Å². The summed E-state index contributed by atoms with van der Waals surface area (Å²) in [6.07, 6.45) is 2.46. The molecule has 5 heteroatoms. The highest BCUT2D eigenvalue weighted by Crippen LogP contribution is 2.42. The standard InChI is InChI=1S/C14H13BrFNO2/c1-7-5-10(15)11(16)6-12(7)17-13(18)8-3-2-4-9(8)14(17)19/h5-6,8-9H,2-4H2,1H3. The number of halogens is 2. The molecule has 0 N–H and O–H groups in total. The highest BCUT2D eigenvalue weighted by atomic mass is 79.9. The van der Waals surface area contributed by atoms with E-state index in [0.29, 0.717) is 10.2 Å². The second-order valence-corrected chi connectivity index (χ2v) is 6.06. The molecule has 2 aliphatic rings. The van der Waals surface area contributed by atoms with E-state index in [0.717, 1.165) is 24.8 Å². The molecule has 0 spiro atoms. The Morgan fingerprint density at radius 2 is 1.79 bits per heavy atom. The normalized spacial score (nSPS) is 26.2. The zero-order valence-corrected chi connectivity index (χ0v) is 12.0. The van der Waals surface area contributed by atoms with Gasteiger partial charge in [-0.25, -0.2) is 9.29 Å². The molecule has 19 heavy (non-hydrogen) atoms. The topological polar surface area (TPSA) is 37.4 Å². The van der Waals surface area contributed by atoms with Gasteiger partial charge in [0.15, 0.2) is 0 Å². The summed E-state index contributed by atoms with van der Waals surface area (Å²) in [5, 5.41) is 0. The highest BCUT2D eigenvalue weighted by Gasteiger charge is 2.50. The summed E-state index contributed by atoms with van der Waals surface area (Å²) in [5.41, 5.74) is 1.10. The van der Waals surface area contributed by atoms with Crippen LogP contribution in [0.1, 0.15) is 24.8 Å². The van der Waals surface area contributed by atoms with Crippen molar-refractivity contribution in [3.05, 3.63) is 28.0 Å². The van der Waals surface area contributed by atoms with Gasteiger partial charge in [0, 0.05) is 0 Å². The van der Waals surface area contributed by atoms with E-state index in [1.54, 1.807) is 13.0 Å². The molecule has 0 radical (unpaired) electrons.